The van der Waals surface area contributed by atoms with Gasteiger partial charge in [-0.15, -0.1) is 0 Å². The van der Waals surface area contributed by atoms with Gasteiger partial charge < -0.3 is 11.1 Å². The van der Waals surface area contributed by atoms with Gasteiger partial charge in [-0.1, -0.05) is 54.6 Å². The van der Waals surface area contributed by atoms with Crippen LogP contribution in [0.15, 0.2) is 66.9 Å². The van der Waals surface area contributed by atoms with Crippen LogP contribution in [-0.4, -0.2) is 17.6 Å². The maximum atomic E-state index is 6.18. The molecule has 3 N–H and O–H groups in total. The predicted molar refractivity (Wildman–Crippen MR) is 105 cm³/mol. The highest BCUT2D eigenvalue weighted by molar-refractivity contribution is 5.91. The molecule has 1 heterocycles. The monoisotopic (exact) mass is 331 g/mol. The van der Waals surface area contributed by atoms with Crippen LogP contribution in [0.25, 0.3) is 10.8 Å². The molecule has 3 heteroatoms. The fourth-order valence-electron chi connectivity index (χ4n) is 4.07. The molecule has 0 atom stereocenters. The summed E-state index contributed by atoms with van der Waals surface area (Å²) in [6, 6.07) is 21.7. The van der Waals surface area contributed by atoms with E-state index >= 15 is 0 Å². The van der Waals surface area contributed by atoms with E-state index < -0.39 is 0 Å². The standard InChI is InChI=1S/C22H25N3/c23-19-10-13-22(14-11-19,18-7-2-1-3-8-18)16-25-21-20-9-5-4-6-17(20)12-15-24-21/h1-9,12,15,19H,10-11,13-14,16,23H2,(H,24,25). The molecule has 128 valence electrons. The van der Waals surface area contributed by atoms with Gasteiger partial charge in [0.1, 0.15) is 5.82 Å². The number of rotatable bonds is 4. The van der Waals surface area contributed by atoms with Crippen molar-refractivity contribution in [2.24, 2.45) is 5.73 Å². The fourth-order valence-corrected chi connectivity index (χ4v) is 4.07. The SMILES string of the molecule is NC1CCC(CNc2nccc3ccccc23)(c2ccccc2)CC1. The van der Waals surface area contributed by atoms with Crippen LogP contribution in [0.2, 0.25) is 0 Å². The van der Waals surface area contributed by atoms with Gasteiger partial charge in [0, 0.05) is 29.6 Å². The lowest BCUT2D eigenvalue weighted by molar-refractivity contribution is 0.283. The molecule has 1 saturated carbocycles. The minimum Gasteiger partial charge on any atom is -0.369 e. The highest BCUT2D eigenvalue weighted by atomic mass is 15.0. The molecule has 0 radical (unpaired) electrons. The Morgan fingerprint density at radius 3 is 2.48 bits per heavy atom. The van der Waals surface area contributed by atoms with Gasteiger partial charge in [-0.25, -0.2) is 4.98 Å². The van der Waals surface area contributed by atoms with Gasteiger partial charge in [0.15, 0.2) is 0 Å². The lowest BCUT2D eigenvalue weighted by Crippen LogP contribution is -2.41. The summed E-state index contributed by atoms with van der Waals surface area (Å²) in [4.78, 5) is 4.60. The smallest absolute Gasteiger partial charge is 0.133 e. The van der Waals surface area contributed by atoms with Gasteiger partial charge in [0.2, 0.25) is 0 Å². The van der Waals surface area contributed by atoms with E-state index in [0.717, 1.165) is 38.0 Å². The van der Waals surface area contributed by atoms with Crippen LogP contribution >= 0.6 is 0 Å². The molecule has 0 bridgehead atoms. The van der Waals surface area contributed by atoms with Crippen molar-refractivity contribution in [2.45, 2.75) is 37.1 Å². The molecule has 4 rings (SSSR count). The summed E-state index contributed by atoms with van der Waals surface area (Å²) >= 11 is 0. The van der Waals surface area contributed by atoms with Crippen molar-refractivity contribution in [1.29, 1.82) is 0 Å². The summed E-state index contributed by atoms with van der Waals surface area (Å²) in [6.45, 7) is 0.894. The Bertz CT molecular complexity index is 831. The summed E-state index contributed by atoms with van der Waals surface area (Å²) in [6.07, 6.45) is 6.29. The van der Waals surface area contributed by atoms with Gasteiger partial charge in [-0.3, -0.25) is 0 Å². The minimum atomic E-state index is 0.135. The first kappa shape index (κ1) is 16.1. The largest absolute Gasteiger partial charge is 0.369 e. The van der Waals surface area contributed by atoms with E-state index in [2.05, 4.69) is 71.0 Å². The normalized spacial score (nSPS) is 23.5. The van der Waals surface area contributed by atoms with Crippen molar-refractivity contribution in [1.82, 2.24) is 4.98 Å². The van der Waals surface area contributed by atoms with E-state index in [0.29, 0.717) is 6.04 Å². The zero-order chi connectivity index (χ0) is 17.1. The Hall–Kier alpha value is -2.39. The molecule has 3 aromatic rings. The van der Waals surface area contributed by atoms with Crippen LogP contribution in [0, 0.1) is 0 Å². The average Bonchev–Trinajstić information content (AvgIpc) is 2.68. The Kier molecular flexibility index (Phi) is 4.41. The molecule has 2 aromatic carbocycles. The second kappa shape index (κ2) is 6.85. The first-order valence-electron chi connectivity index (χ1n) is 9.16. The first-order valence-corrected chi connectivity index (χ1v) is 9.16. The molecule has 1 aliphatic rings. The lowest BCUT2D eigenvalue weighted by Gasteiger charge is -2.40. The number of pyridine rings is 1. The predicted octanol–water partition coefficient (Wildman–Crippen LogP) is 4.49. The van der Waals surface area contributed by atoms with Crippen molar-refractivity contribution in [2.75, 3.05) is 11.9 Å². The lowest BCUT2D eigenvalue weighted by atomic mass is 9.68. The molecule has 0 aliphatic heterocycles. The molecule has 0 spiro atoms. The van der Waals surface area contributed by atoms with Gasteiger partial charge in [0.25, 0.3) is 0 Å². The van der Waals surface area contributed by atoms with Crippen molar-refractivity contribution in [3.05, 3.63) is 72.4 Å². The third kappa shape index (κ3) is 3.24. The van der Waals surface area contributed by atoms with E-state index in [9.17, 15) is 0 Å². The number of hydrogen-bond donors (Lipinski definition) is 2. The van der Waals surface area contributed by atoms with Crippen LogP contribution in [0.5, 0.6) is 0 Å². The summed E-state index contributed by atoms with van der Waals surface area (Å²) in [5.74, 6) is 0.975. The first-order chi connectivity index (χ1) is 12.3. The Morgan fingerprint density at radius 1 is 0.960 bits per heavy atom. The number of nitrogens with two attached hydrogens (primary N) is 1. The molecule has 0 amide bonds. The number of hydrogen-bond acceptors (Lipinski definition) is 3. The average molecular weight is 331 g/mol. The topological polar surface area (TPSA) is 50.9 Å². The second-order valence-corrected chi connectivity index (χ2v) is 7.22. The minimum absolute atomic E-state index is 0.135. The number of benzene rings is 2. The van der Waals surface area contributed by atoms with Crippen molar-refractivity contribution in [3.8, 4) is 0 Å². The van der Waals surface area contributed by atoms with Crippen LogP contribution in [-0.2, 0) is 5.41 Å². The Morgan fingerprint density at radius 2 is 1.68 bits per heavy atom. The maximum absolute atomic E-state index is 6.18. The molecule has 25 heavy (non-hydrogen) atoms. The molecule has 1 aromatic heterocycles. The number of anilines is 1. The molecular formula is C22H25N3. The van der Waals surface area contributed by atoms with Crippen LogP contribution in [0.1, 0.15) is 31.2 Å². The Labute approximate surface area is 149 Å². The summed E-state index contributed by atoms with van der Waals surface area (Å²) in [5, 5.41) is 6.06. The summed E-state index contributed by atoms with van der Waals surface area (Å²) < 4.78 is 0. The molecule has 3 nitrogen and oxygen atoms in total. The zero-order valence-corrected chi connectivity index (χ0v) is 14.5. The van der Waals surface area contributed by atoms with Crippen molar-refractivity contribution >= 4 is 16.6 Å². The summed E-state index contributed by atoms with van der Waals surface area (Å²) in [5.41, 5.74) is 7.73. The number of nitrogens with one attached hydrogen (secondary N) is 1. The van der Waals surface area contributed by atoms with Crippen LogP contribution in [0.4, 0.5) is 5.82 Å². The zero-order valence-electron chi connectivity index (χ0n) is 14.5. The highest BCUT2D eigenvalue weighted by Gasteiger charge is 2.36. The molecule has 0 saturated heterocycles. The third-order valence-electron chi connectivity index (χ3n) is 5.64. The van der Waals surface area contributed by atoms with Crippen molar-refractivity contribution < 1.29 is 0 Å². The summed E-state index contributed by atoms with van der Waals surface area (Å²) in [7, 11) is 0. The number of fused-ring (bicyclic) bond motifs is 1. The highest BCUT2D eigenvalue weighted by Crippen LogP contribution is 2.39. The molecular weight excluding hydrogens is 306 g/mol. The van der Waals surface area contributed by atoms with Crippen LogP contribution < -0.4 is 11.1 Å². The third-order valence-corrected chi connectivity index (χ3v) is 5.64. The van der Waals surface area contributed by atoms with Gasteiger partial charge in [0.05, 0.1) is 0 Å². The van der Waals surface area contributed by atoms with E-state index in [1.807, 2.05) is 6.20 Å². The fraction of sp³-hybridized carbons (Fsp3) is 0.318. The molecule has 1 fully saturated rings. The van der Waals surface area contributed by atoms with Gasteiger partial charge in [-0.2, -0.15) is 0 Å². The molecule has 1 aliphatic carbocycles. The Balaban J connectivity index is 1.63. The molecule has 0 unspecified atom stereocenters. The maximum Gasteiger partial charge on any atom is 0.133 e. The van der Waals surface area contributed by atoms with E-state index in [4.69, 9.17) is 5.73 Å². The van der Waals surface area contributed by atoms with E-state index in [1.165, 1.54) is 16.3 Å². The van der Waals surface area contributed by atoms with E-state index in [1.54, 1.807) is 0 Å². The van der Waals surface area contributed by atoms with Gasteiger partial charge in [-0.05, 0) is 42.7 Å². The van der Waals surface area contributed by atoms with Crippen molar-refractivity contribution in [3.63, 3.8) is 0 Å². The second-order valence-electron chi connectivity index (χ2n) is 7.22. The number of nitrogens with zero attached hydrogens (tertiary/aromatic N) is 1. The van der Waals surface area contributed by atoms with Gasteiger partial charge >= 0.3 is 0 Å². The number of aromatic nitrogens is 1. The quantitative estimate of drug-likeness (QED) is 0.741. The van der Waals surface area contributed by atoms with Crippen LogP contribution in [0.3, 0.4) is 0 Å². The van der Waals surface area contributed by atoms with E-state index in [-0.39, 0.29) is 5.41 Å².